The highest BCUT2D eigenvalue weighted by Gasteiger charge is 2.25. The Morgan fingerprint density at radius 1 is 1.62 bits per heavy atom. The van der Waals surface area contributed by atoms with Crippen LogP contribution in [0.3, 0.4) is 0 Å². The van der Waals surface area contributed by atoms with Crippen LogP contribution in [-0.2, 0) is 18.4 Å². The summed E-state index contributed by atoms with van der Waals surface area (Å²) in [5.74, 6) is 1.74. The van der Waals surface area contributed by atoms with Gasteiger partial charge in [-0.15, -0.1) is 0 Å². The normalized spacial score (nSPS) is 20.9. The molecule has 16 heavy (non-hydrogen) atoms. The molecule has 0 radical (unpaired) electrons. The van der Waals surface area contributed by atoms with Gasteiger partial charge in [0.05, 0.1) is 6.54 Å². The second-order valence-corrected chi connectivity index (χ2v) is 4.71. The largest absolute Gasteiger partial charge is 0.337 e. The van der Waals surface area contributed by atoms with Crippen molar-refractivity contribution in [2.45, 2.75) is 25.8 Å². The van der Waals surface area contributed by atoms with E-state index in [2.05, 4.69) is 16.9 Å². The highest BCUT2D eigenvalue weighted by molar-refractivity contribution is 5.83. The van der Waals surface area contributed by atoms with E-state index in [1.807, 2.05) is 24.0 Å². The summed E-state index contributed by atoms with van der Waals surface area (Å²) in [7, 11) is 4.05. The summed E-state index contributed by atoms with van der Waals surface area (Å²) in [5, 5.41) is 0. The number of carbonyl (C=O) groups excluding carboxylic acids is 1. The lowest BCUT2D eigenvalue weighted by atomic mass is 10.1. The van der Waals surface area contributed by atoms with Gasteiger partial charge in [0, 0.05) is 38.3 Å². The predicted octanol–water partition coefficient (Wildman–Crippen LogP) is 1.22. The molecule has 0 bridgehead atoms. The fraction of sp³-hybridized carbons (Fsp3) is 0.667. The Morgan fingerprint density at radius 3 is 3.00 bits per heavy atom. The van der Waals surface area contributed by atoms with E-state index >= 15 is 0 Å². The third-order valence-corrected chi connectivity index (χ3v) is 3.30. The van der Waals surface area contributed by atoms with Crippen LogP contribution < -0.4 is 0 Å². The number of aromatic nitrogens is 2. The lowest BCUT2D eigenvalue weighted by Gasteiger charge is -2.19. The van der Waals surface area contributed by atoms with Crippen LogP contribution in [0, 0.1) is 5.92 Å². The summed E-state index contributed by atoms with van der Waals surface area (Å²) < 4.78 is 2.02. The third kappa shape index (κ3) is 2.50. The molecule has 1 aliphatic rings. The first-order valence-corrected chi connectivity index (χ1v) is 5.84. The monoisotopic (exact) mass is 221 g/mol. The average Bonchev–Trinajstić information content (AvgIpc) is 2.79. The smallest absolute Gasteiger partial charge is 0.137 e. The van der Waals surface area contributed by atoms with Crippen molar-refractivity contribution in [2.24, 2.45) is 13.0 Å². The van der Waals surface area contributed by atoms with Gasteiger partial charge in [-0.1, -0.05) is 0 Å². The van der Waals surface area contributed by atoms with Crippen molar-refractivity contribution in [1.29, 1.82) is 0 Å². The molecule has 1 aliphatic carbocycles. The maximum absolute atomic E-state index is 11.5. The number of rotatable bonds is 4. The van der Waals surface area contributed by atoms with Crippen LogP contribution >= 0.6 is 0 Å². The molecule has 0 amide bonds. The molecule has 4 heteroatoms. The molecule has 1 fully saturated rings. The highest BCUT2D eigenvalue weighted by Crippen LogP contribution is 2.22. The predicted molar refractivity (Wildman–Crippen MR) is 61.9 cm³/mol. The van der Waals surface area contributed by atoms with Crippen LogP contribution in [0.2, 0.25) is 0 Å². The Morgan fingerprint density at radius 2 is 2.44 bits per heavy atom. The van der Waals surface area contributed by atoms with Crippen molar-refractivity contribution < 1.29 is 4.79 Å². The zero-order valence-corrected chi connectivity index (χ0v) is 10.0. The molecule has 1 aromatic rings. The lowest BCUT2D eigenvalue weighted by Crippen LogP contribution is -2.28. The van der Waals surface area contributed by atoms with Crippen LogP contribution in [0.15, 0.2) is 12.4 Å². The molecule has 1 heterocycles. The summed E-state index contributed by atoms with van der Waals surface area (Å²) in [6.07, 6.45) is 6.66. The van der Waals surface area contributed by atoms with Gasteiger partial charge in [-0.05, 0) is 19.9 Å². The van der Waals surface area contributed by atoms with Crippen molar-refractivity contribution in [3.05, 3.63) is 18.2 Å². The Hall–Kier alpha value is -1.16. The Labute approximate surface area is 96.3 Å². The molecule has 1 unspecified atom stereocenters. The summed E-state index contributed by atoms with van der Waals surface area (Å²) in [5.41, 5.74) is 0. The summed E-state index contributed by atoms with van der Waals surface area (Å²) in [6, 6.07) is 0. The standard InChI is InChI=1S/C12H19N3O/c1-14(8-10-4-3-5-11(10)16)9-12-13-6-7-15(12)2/h6-7,10H,3-5,8-9H2,1-2H3. The second-order valence-electron chi connectivity index (χ2n) is 4.71. The molecule has 1 atom stereocenters. The first-order chi connectivity index (χ1) is 7.66. The molecule has 1 saturated carbocycles. The van der Waals surface area contributed by atoms with Gasteiger partial charge in [0.25, 0.3) is 0 Å². The first kappa shape index (κ1) is 11.3. The second kappa shape index (κ2) is 4.78. The molecule has 1 aromatic heterocycles. The maximum atomic E-state index is 11.5. The molecule has 88 valence electrons. The lowest BCUT2D eigenvalue weighted by molar-refractivity contribution is -0.121. The van der Waals surface area contributed by atoms with Gasteiger partial charge in [0.15, 0.2) is 0 Å². The quantitative estimate of drug-likeness (QED) is 0.767. The van der Waals surface area contributed by atoms with Crippen LogP contribution in [-0.4, -0.2) is 33.8 Å². The van der Waals surface area contributed by atoms with E-state index in [1.165, 1.54) is 0 Å². The number of ketones is 1. The minimum absolute atomic E-state index is 0.255. The van der Waals surface area contributed by atoms with Crippen molar-refractivity contribution in [2.75, 3.05) is 13.6 Å². The zero-order valence-electron chi connectivity index (χ0n) is 10.0. The third-order valence-electron chi connectivity index (χ3n) is 3.30. The minimum Gasteiger partial charge on any atom is -0.337 e. The van der Waals surface area contributed by atoms with E-state index in [9.17, 15) is 4.79 Å². The molecule has 0 spiro atoms. The van der Waals surface area contributed by atoms with E-state index in [-0.39, 0.29) is 5.92 Å². The molecule has 0 aliphatic heterocycles. The van der Waals surface area contributed by atoms with Crippen molar-refractivity contribution in [3.8, 4) is 0 Å². The summed E-state index contributed by atoms with van der Waals surface area (Å²) >= 11 is 0. The average molecular weight is 221 g/mol. The van der Waals surface area contributed by atoms with Gasteiger partial charge in [-0.2, -0.15) is 0 Å². The van der Waals surface area contributed by atoms with Gasteiger partial charge in [0.2, 0.25) is 0 Å². The van der Waals surface area contributed by atoms with E-state index in [4.69, 9.17) is 0 Å². The van der Waals surface area contributed by atoms with Crippen molar-refractivity contribution in [1.82, 2.24) is 14.5 Å². The Kier molecular flexibility index (Phi) is 3.39. The van der Waals surface area contributed by atoms with Crippen LogP contribution in [0.5, 0.6) is 0 Å². The molecule has 0 N–H and O–H groups in total. The Bertz CT molecular complexity index is 372. The van der Waals surface area contributed by atoms with E-state index in [0.717, 1.165) is 38.2 Å². The molecule has 0 saturated heterocycles. The van der Waals surface area contributed by atoms with Gasteiger partial charge in [0.1, 0.15) is 11.6 Å². The first-order valence-electron chi connectivity index (χ1n) is 5.84. The molecule has 4 nitrogen and oxygen atoms in total. The number of aryl methyl sites for hydroxylation is 1. The SMILES string of the molecule is CN(Cc1nccn1C)CC1CCCC1=O. The maximum Gasteiger partial charge on any atom is 0.137 e. The van der Waals surface area contributed by atoms with Crippen molar-refractivity contribution >= 4 is 5.78 Å². The number of hydrogen-bond acceptors (Lipinski definition) is 3. The van der Waals surface area contributed by atoms with E-state index < -0.39 is 0 Å². The highest BCUT2D eigenvalue weighted by atomic mass is 16.1. The molecular weight excluding hydrogens is 202 g/mol. The van der Waals surface area contributed by atoms with Crippen LogP contribution in [0.1, 0.15) is 25.1 Å². The fourth-order valence-electron chi connectivity index (χ4n) is 2.31. The zero-order chi connectivity index (χ0) is 11.5. The molecule has 2 rings (SSSR count). The van der Waals surface area contributed by atoms with E-state index in [1.54, 1.807) is 0 Å². The van der Waals surface area contributed by atoms with Crippen LogP contribution in [0.25, 0.3) is 0 Å². The van der Waals surface area contributed by atoms with Gasteiger partial charge in [-0.25, -0.2) is 4.98 Å². The topological polar surface area (TPSA) is 38.1 Å². The van der Waals surface area contributed by atoms with Crippen molar-refractivity contribution in [3.63, 3.8) is 0 Å². The number of carbonyl (C=O) groups is 1. The summed E-state index contributed by atoms with van der Waals surface area (Å²) in [6.45, 7) is 1.68. The minimum atomic E-state index is 0.255. The van der Waals surface area contributed by atoms with Gasteiger partial charge >= 0.3 is 0 Å². The number of nitrogens with zero attached hydrogens (tertiary/aromatic N) is 3. The molecular formula is C12H19N3O. The summed E-state index contributed by atoms with van der Waals surface area (Å²) in [4.78, 5) is 18.0. The van der Waals surface area contributed by atoms with E-state index in [0.29, 0.717) is 5.78 Å². The van der Waals surface area contributed by atoms with Gasteiger partial charge < -0.3 is 4.57 Å². The van der Waals surface area contributed by atoms with Gasteiger partial charge in [-0.3, -0.25) is 9.69 Å². The number of Topliss-reactive ketones (excluding diaryl/α,β-unsaturated/α-hetero) is 1. The molecule has 0 aromatic carbocycles. The number of hydrogen-bond donors (Lipinski definition) is 0. The Balaban J connectivity index is 1.87. The number of imidazole rings is 1. The van der Waals surface area contributed by atoms with Crippen LogP contribution in [0.4, 0.5) is 0 Å². The fourth-order valence-corrected chi connectivity index (χ4v) is 2.31.